The van der Waals surface area contributed by atoms with Gasteiger partial charge in [-0.1, -0.05) is 71.9 Å². The van der Waals surface area contributed by atoms with Gasteiger partial charge in [-0.2, -0.15) is 0 Å². The van der Waals surface area contributed by atoms with E-state index < -0.39 is 30.5 Å². The smallest absolute Gasteiger partial charge is 0.345 e. The predicted molar refractivity (Wildman–Crippen MR) is 228 cm³/mol. The summed E-state index contributed by atoms with van der Waals surface area (Å²) < 4.78 is 32.6. The molecule has 0 aromatic heterocycles. The Morgan fingerprint density at radius 3 is 1.49 bits per heavy atom. The van der Waals surface area contributed by atoms with Crippen LogP contribution in [0.1, 0.15) is 109 Å². The number of nitrogens with zero attached hydrogens (tertiary/aromatic N) is 5. The van der Waals surface area contributed by atoms with Gasteiger partial charge in [0.1, 0.15) is 11.9 Å². The van der Waals surface area contributed by atoms with Crippen LogP contribution in [0.25, 0.3) is 0 Å². The van der Waals surface area contributed by atoms with Gasteiger partial charge in [0.2, 0.25) is 0 Å². The van der Waals surface area contributed by atoms with E-state index in [0.717, 1.165) is 57.9 Å². The molecule has 0 saturated carbocycles. The number of hydrogen-bond donors (Lipinski definition) is 1. The highest BCUT2D eigenvalue weighted by Gasteiger charge is 2.38. The number of carbonyl (C=O) groups excluding carboxylic acids is 1. The molecule has 2 rings (SSSR count). The van der Waals surface area contributed by atoms with E-state index in [9.17, 15) is 14.5 Å². The number of aliphatic hydroxyl groups excluding tert-OH is 1. The molecule has 320 valence electrons. The van der Waals surface area contributed by atoms with Gasteiger partial charge >= 0.3 is 13.6 Å². The summed E-state index contributed by atoms with van der Waals surface area (Å²) in [6.45, 7) is 40.6. The average molecular weight is 796 g/mol. The zero-order valence-corrected chi connectivity index (χ0v) is 38.6. The van der Waals surface area contributed by atoms with E-state index >= 15 is 0 Å². The van der Waals surface area contributed by atoms with E-state index in [1.165, 1.54) is 0 Å². The summed E-state index contributed by atoms with van der Waals surface area (Å²) in [5.41, 5.74) is -0.600. The minimum absolute atomic E-state index is 0.0432. The van der Waals surface area contributed by atoms with Crippen molar-refractivity contribution in [3.8, 4) is 0 Å². The maximum Gasteiger partial charge on any atom is 0.345 e. The van der Waals surface area contributed by atoms with E-state index in [1.54, 1.807) is 0 Å². The van der Waals surface area contributed by atoms with Gasteiger partial charge in [0.05, 0.1) is 23.9 Å². The molecule has 55 heavy (non-hydrogen) atoms. The van der Waals surface area contributed by atoms with E-state index in [1.807, 2.05) is 97.5 Å². The van der Waals surface area contributed by atoms with Crippen LogP contribution in [0, 0.1) is 10.8 Å². The fourth-order valence-corrected chi connectivity index (χ4v) is 9.48. The van der Waals surface area contributed by atoms with Crippen LogP contribution < -0.4 is 0 Å². The minimum atomic E-state index is -3.63. The third-order valence-corrected chi connectivity index (χ3v) is 10.9. The largest absolute Gasteiger partial charge is 0.459 e. The number of aliphatic hydroxyl groups is 1. The number of β-amino-alcohol motifs (C(OH)–C–C–N with tert-alkyl or cyclic N) is 1. The van der Waals surface area contributed by atoms with Crippen molar-refractivity contribution in [3.63, 3.8) is 0 Å². The fourth-order valence-electron chi connectivity index (χ4n) is 6.96. The summed E-state index contributed by atoms with van der Waals surface area (Å²) >= 11 is 0. The molecule has 1 atom stereocenters. The van der Waals surface area contributed by atoms with Crippen LogP contribution in [0.15, 0.2) is 30.3 Å². The molecule has 0 spiro atoms. The Labute approximate surface area is 336 Å². The molecule has 1 N–H and O–H groups in total. The molecule has 0 radical (unpaired) electrons. The van der Waals surface area contributed by atoms with Gasteiger partial charge < -0.3 is 28.7 Å². The van der Waals surface area contributed by atoms with Gasteiger partial charge in [0.15, 0.2) is 0 Å². The van der Waals surface area contributed by atoms with Crippen molar-refractivity contribution >= 4 is 13.6 Å². The third-order valence-electron chi connectivity index (χ3n) is 8.48. The quantitative estimate of drug-likeness (QED) is 0.152. The summed E-state index contributed by atoms with van der Waals surface area (Å²) in [7, 11) is -3.63. The van der Waals surface area contributed by atoms with E-state index in [-0.39, 0.29) is 36.2 Å². The second-order valence-electron chi connectivity index (χ2n) is 21.1. The molecule has 1 aromatic rings. The van der Waals surface area contributed by atoms with Crippen molar-refractivity contribution in [2.75, 3.05) is 91.4 Å². The first kappa shape index (κ1) is 49.7. The molecule has 1 aliphatic heterocycles. The number of benzene rings is 1. The van der Waals surface area contributed by atoms with Crippen LogP contribution in [0.2, 0.25) is 0 Å². The summed E-state index contributed by atoms with van der Waals surface area (Å²) in [6.07, 6.45) is -0.700. The molecule has 11 nitrogen and oxygen atoms in total. The fraction of sp³-hybridized carbons (Fsp3) is 0.837. The molecule has 1 fully saturated rings. The molecular formula is C43H82N5O6P. The van der Waals surface area contributed by atoms with Crippen molar-refractivity contribution in [3.05, 3.63) is 35.9 Å². The van der Waals surface area contributed by atoms with E-state index in [2.05, 4.69) is 61.1 Å². The van der Waals surface area contributed by atoms with Crippen LogP contribution in [-0.4, -0.2) is 150 Å². The molecule has 1 saturated heterocycles. The zero-order valence-electron chi connectivity index (χ0n) is 37.7. The van der Waals surface area contributed by atoms with Crippen molar-refractivity contribution in [2.24, 2.45) is 10.8 Å². The molecule has 1 heterocycles. The highest BCUT2D eigenvalue weighted by Crippen LogP contribution is 2.55. The van der Waals surface area contributed by atoms with Crippen molar-refractivity contribution < 1.29 is 28.3 Å². The molecule has 0 bridgehead atoms. The second kappa shape index (κ2) is 21.0. The Morgan fingerprint density at radius 1 is 0.673 bits per heavy atom. The van der Waals surface area contributed by atoms with Gasteiger partial charge in [-0.15, -0.1) is 0 Å². The van der Waals surface area contributed by atoms with Gasteiger partial charge in [0, 0.05) is 85.1 Å². The van der Waals surface area contributed by atoms with Gasteiger partial charge in [-0.3, -0.25) is 24.1 Å². The average Bonchev–Trinajstić information content (AvgIpc) is 2.94. The van der Waals surface area contributed by atoms with Crippen LogP contribution in [-0.2, 0) is 29.7 Å². The molecule has 1 unspecified atom stereocenters. The summed E-state index contributed by atoms with van der Waals surface area (Å²) in [5.74, 6) is -0.221. The van der Waals surface area contributed by atoms with Crippen molar-refractivity contribution in [2.45, 2.75) is 133 Å². The summed E-state index contributed by atoms with van der Waals surface area (Å²) in [6, 6.07) is 10.1. The topological polar surface area (TPSA) is 98.3 Å². The lowest BCUT2D eigenvalue weighted by Crippen LogP contribution is -2.51. The molecule has 0 amide bonds. The molecule has 1 aliphatic rings. The molecule has 12 heteroatoms. The monoisotopic (exact) mass is 796 g/mol. The van der Waals surface area contributed by atoms with Gasteiger partial charge in [0.25, 0.3) is 0 Å². The maximum atomic E-state index is 14.5. The molecule has 1 aromatic carbocycles. The van der Waals surface area contributed by atoms with Crippen LogP contribution in [0.4, 0.5) is 0 Å². The zero-order chi connectivity index (χ0) is 41.9. The summed E-state index contributed by atoms with van der Waals surface area (Å²) in [5, 5.41) is 11.9. The Morgan fingerprint density at radius 2 is 1.09 bits per heavy atom. The Balaban J connectivity index is 2.40. The number of esters is 1. The number of hydrogen-bond acceptors (Lipinski definition) is 11. The molecule has 0 aliphatic carbocycles. The lowest BCUT2D eigenvalue weighted by atomic mass is 9.95. The van der Waals surface area contributed by atoms with Gasteiger partial charge in [-0.25, -0.2) is 0 Å². The Hall–Kier alpha value is -1.40. The van der Waals surface area contributed by atoms with Crippen molar-refractivity contribution in [1.82, 2.24) is 24.5 Å². The maximum absolute atomic E-state index is 14.5. The minimum Gasteiger partial charge on any atom is -0.459 e. The highest BCUT2D eigenvalue weighted by molar-refractivity contribution is 7.53. The lowest BCUT2D eigenvalue weighted by molar-refractivity contribution is -0.156. The van der Waals surface area contributed by atoms with Crippen LogP contribution >= 0.6 is 7.60 Å². The van der Waals surface area contributed by atoms with Gasteiger partial charge in [-0.05, 0) is 78.7 Å². The SMILES string of the molecule is CC(C)(C)CN1CCN(CC(=O)OC(C)(C)C)CCN(CC(O)CN(Cc2ccccc2)CP(=O)(OC(C)(C)C)OC(C)(C)C)CCN(CC(C)(C)C)CC1. The summed E-state index contributed by atoms with van der Waals surface area (Å²) in [4.78, 5) is 24.8. The predicted octanol–water partition coefficient (Wildman–Crippen LogP) is 7.29. The molecular weight excluding hydrogens is 713 g/mol. The van der Waals surface area contributed by atoms with E-state index in [0.29, 0.717) is 26.2 Å². The third kappa shape index (κ3) is 24.2. The first-order valence-corrected chi connectivity index (χ1v) is 22.3. The first-order valence-electron chi connectivity index (χ1n) is 20.5. The normalized spacial score (nSPS) is 18.6. The lowest BCUT2D eigenvalue weighted by Gasteiger charge is -2.38. The Bertz CT molecular complexity index is 1290. The number of carbonyl (C=O) groups is 1. The van der Waals surface area contributed by atoms with Crippen LogP contribution in [0.5, 0.6) is 0 Å². The highest BCUT2D eigenvalue weighted by atomic mass is 31.2. The number of rotatable bonds is 14. The van der Waals surface area contributed by atoms with E-state index in [4.69, 9.17) is 13.8 Å². The van der Waals surface area contributed by atoms with Crippen LogP contribution in [0.3, 0.4) is 0 Å². The Kier molecular flexibility index (Phi) is 19.0. The first-order chi connectivity index (χ1) is 25.0. The number of ether oxygens (including phenoxy) is 1. The van der Waals surface area contributed by atoms with Crippen molar-refractivity contribution in [1.29, 1.82) is 0 Å². The second-order valence-corrected chi connectivity index (χ2v) is 23.0. The standard InChI is InChI=1S/C43H82N5O6P/c1-39(2,3)33-46-25-23-44(21-22-45(32-38(50)52-41(7,8)9)24-26-47(28-27-46)34-40(4,5)6)30-37(49)31-48(29-36-19-17-16-18-20-36)35-55(51,53-42(10,11)12)54-43(13,14)15/h16-20,37,49H,21-35H2,1-15H3.